The number of thioether (sulfide) groups is 1. The number of carbonyl (C=O) groups is 2. The first kappa shape index (κ1) is 16.9. The maximum atomic E-state index is 11.9. The van der Waals surface area contributed by atoms with Crippen LogP contribution in [0.15, 0.2) is 4.34 Å². The fourth-order valence-corrected chi connectivity index (χ4v) is 3.10. The Morgan fingerprint density at radius 2 is 2.15 bits per heavy atom. The molecule has 8 heteroatoms. The van der Waals surface area contributed by atoms with E-state index in [0.29, 0.717) is 0 Å². The molecular weight excluding hydrogens is 298 g/mol. The van der Waals surface area contributed by atoms with Gasteiger partial charge in [-0.25, -0.2) is 4.79 Å². The largest absolute Gasteiger partial charge is 0.467 e. The van der Waals surface area contributed by atoms with Gasteiger partial charge in [0.15, 0.2) is 4.34 Å². The van der Waals surface area contributed by atoms with Crippen molar-refractivity contribution in [2.45, 2.75) is 37.6 Å². The molecule has 0 saturated carbocycles. The summed E-state index contributed by atoms with van der Waals surface area (Å²) in [6.45, 7) is 5.73. The molecule has 2 atom stereocenters. The number of hydrogen-bond acceptors (Lipinski definition) is 7. The molecule has 1 amide bonds. The topological polar surface area (TPSA) is 81.2 Å². The predicted octanol–water partition coefficient (Wildman–Crippen LogP) is 1.64. The SMILES string of the molecule is CCC(C)C(NC(=O)CSc1nnc(C)s1)C(=O)OC. The zero-order valence-corrected chi connectivity index (χ0v) is 13.6. The maximum absolute atomic E-state index is 11.9. The molecule has 0 bridgehead atoms. The van der Waals surface area contributed by atoms with Crippen LogP contribution in [0.3, 0.4) is 0 Å². The Morgan fingerprint density at radius 3 is 2.65 bits per heavy atom. The summed E-state index contributed by atoms with van der Waals surface area (Å²) in [5.41, 5.74) is 0. The molecule has 0 radical (unpaired) electrons. The van der Waals surface area contributed by atoms with Crippen molar-refractivity contribution >= 4 is 35.0 Å². The minimum atomic E-state index is -0.603. The molecule has 1 rings (SSSR count). The van der Waals surface area contributed by atoms with E-state index in [2.05, 4.69) is 15.5 Å². The van der Waals surface area contributed by atoms with Crippen molar-refractivity contribution in [1.82, 2.24) is 15.5 Å². The van der Waals surface area contributed by atoms with Crippen molar-refractivity contribution in [3.63, 3.8) is 0 Å². The number of nitrogens with one attached hydrogen (secondary N) is 1. The van der Waals surface area contributed by atoms with Gasteiger partial charge in [-0.15, -0.1) is 10.2 Å². The van der Waals surface area contributed by atoms with Crippen LogP contribution in [0.2, 0.25) is 0 Å². The number of esters is 1. The van der Waals surface area contributed by atoms with Crippen LogP contribution in [0.25, 0.3) is 0 Å². The molecule has 20 heavy (non-hydrogen) atoms. The fraction of sp³-hybridized carbons (Fsp3) is 0.667. The van der Waals surface area contributed by atoms with Crippen LogP contribution in [0.1, 0.15) is 25.3 Å². The number of methoxy groups -OCH3 is 1. The van der Waals surface area contributed by atoms with Gasteiger partial charge in [0.05, 0.1) is 12.9 Å². The first-order valence-corrected chi connectivity index (χ1v) is 8.08. The molecule has 1 heterocycles. The van der Waals surface area contributed by atoms with Gasteiger partial charge in [0.25, 0.3) is 0 Å². The van der Waals surface area contributed by atoms with Gasteiger partial charge in [-0.05, 0) is 12.8 Å². The van der Waals surface area contributed by atoms with E-state index < -0.39 is 12.0 Å². The summed E-state index contributed by atoms with van der Waals surface area (Å²) >= 11 is 2.75. The Kier molecular flexibility index (Phi) is 6.94. The molecule has 2 unspecified atom stereocenters. The van der Waals surface area contributed by atoms with Crippen molar-refractivity contribution in [1.29, 1.82) is 0 Å². The molecule has 0 fully saturated rings. The van der Waals surface area contributed by atoms with Crippen LogP contribution in [-0.2, 0) is 14.3 Å². The van der Waals surface area contributed by atoms with Crippen molar-refractivity contribution in [2.24, 2.45) is 5.92 Å². The van der Waals surface area contributed by atoms with Gasteiger partial charge in [-0.3, -0.25) is 4.79 Å². The molecule has 6 nitrogen and oxygen atoms in total. The van der Waals surface area contributed by atoms with E-state index in [9.17, 15) is 9.59 Å². The van der Waals surface area contributed by atoms with Crippen LogP contribution in [-0.4, -0.2) is 41.0 Å². The van der Waals surface area contributed by atoms with E-state index in [-0.39, 0.29) is 17.6 Å². The van der Waals surface area contributed by atoms with Gasteiger partial charge in [0.1, 0.15) is 11.0 Å². The number of ether oxygens (including phenoxy) is 1. The summed E-state index contributed by atoms with van der Waals surface area (Å²) in [7, 11) is 1.32. The maximum Gasteiger partial charge on any atom is 0.328 e. The second-order valence-electron chi connectivity index (χ2n) is 4.33. The highest BCUT2D eigenvalue weighted by molar-refractivity contribution is 8.01. The third kappa shape index (κ3) is 5.09. The normalized spacial score (nSPS) is 13.6. The average molecular weight is 317 g/mol. The van der Waals surface area contributed by atoms with E-state index >= 15 is 0 Å². The molecule has 0 aromatic carbocycles. The molecule has 1 aromatic rings. The van der Waals surface area contributed by atoms with Gasteiger partial charge in [0, 0.05) is 0 Å². The van der Waals surface area contributed by atoms with Gasteiger partial charge in [-0.2, -0.15) is 0 Å². The second-order valence-corrected chi connectivity index (χ2v) is 6.73. The molecule has 1 N–H and O–H groups in total. The van der Waals surface area contributed by atoms with Crippen molar-refractivity contribution in [3.05, 3.63) is 5.01 Å². The highest BCUT2D eigenvalue weighted by Gasteiger charge is 2.26. The Balaban J connectivity index is 2.51. The quantitative estimate of drug-likeness (QED) is 0.608. The average Bonchev–Trinajstić information content (AvgIpc) is 2.86. The highest BCUT2D eigenvalue weighted by Crippen LogP contribution is 2.21. The minimum absolute atomic E-state index is 0.0279. The highest BCUT2D eigenvalue weighted by atomic mass is 32.2. The Morgan fingerprint density at radius 1 is 1.45 bits per heavy atom. The number of carbonyl (C=O) groups excluding carboxylic acids is 2. The molecule has 0 spiro atoms. The van der Waals surface area contributed by atoms with E-state index in [1.54, 1.807) is 0 Å². The summed E-state index contributed by atoms with van der Waals surface area (Å²) in [6.07, 6.45) is 0.781. The monoisotopic (exact) mass is 317 g/mol. The third-order valence-corrected chi connectivity index (χ3v) is 4.79. The molecular formula is C12H19N3O3S2. The van der Waals surface area contributed by atoms with E-state index in [1.165, 1.54) is 30.2 Å². The lowest BCUT2D eigenvalue weighted by atomic mass is 9.99. The predicted molar refractivity (Wildman–Crippen MR) is 78.8 cm³/mol. The Bertz CT molecular complexity index is 465. The first-order valence-electron chi connectivity index (χ1n) is 6.28. The number of rotatable bonds is 7. The van der Waals surface area contributed by atoms with Crippen molar-refractivity contribution in [3.8, 4) is 0 Å². The number of amides is 1. The van der Waals surface area contributed by atoms with Gasteiger partial charge in [0.2, 0.25) is 5.91 Å². The van der Waals surface area contributed by atoms with Gasteiger partial charge in [-0.1, -0.05) is 43.4 Å². The molecule has 0 saturated heterocycles. The van der Waals surface area contributed by atoms with Crippen molar-refractivity contribution in [2.75, 3.05) is 12.9 Å². The Labute approximate surface area is 126 Å². The van der Waals surface area contributed by atoms with E-state index in [4.69, 9.17) is 4.74 Å². The van der Waals surface area contributed by atoms with Crippen LogP contribution in [0.4, 0.5) is 0 Å². The third-order valence-electron chi connectivity index (χ3n) is 2.82. The van der Waals surface area contributed by atoms with E-state index in [1.807, 2.05) is 20.8 Å². The lowest BCUT2D eigenvalue weighted by Crippen LogP contribution is -2.46. The Hall–Kier alpha value is -1.15. The summed E-state index contributed by atoms with van der Waals surface area (Å²) in [6, 6.07) is -0.603. The zero-order chi connectivity index (χ0) is 15.1. The molecule has 0 aliphatic rings. The van der Waals surface area contributed by atoms with Crippen LogP contribution >= 0.6 is 23.1 Å². The standard InChI is InChI=1S/C12H19N3O3S2/c1-5-7(2)10(11(17)18-4)13-9(16)6-19-12-15-14-8(3)20-12/h7,10H,5-6H2,1-4H3,(H,13,16). The molecule has 0 aliphatic heterocycles. The summed E-state index contributed by atoms with van der Waals surface area (Å²) in [5.74, 6) is -0.387. The molecule has 0 aliphatic carbocycles. The van der Waals surface area contributed by atoms with Crippen molar-refractivity contribution < 1.29 is 14.3 Å². The minimum Gasteiger partial charge on any atom is -0.467 e. The number of aromatic nitrogens is 2. The summed E-state index contributed by atoms with van der Waals surface area (Å²) in [5, 5.41) is 11.4. The van der Waals surface area contributed by atoms with Gasteiger partial charge >= 0.3 is 5.97 Å². The lowest BCUT2D eigenvalue weighted by molar-refractivity contribution is -0.146. The van der Waals surface area contributed by atoms with Crippen LogP contribution in [0, 0.1) is 12.8 Å². The van der Waals surface area contributed by atoms with Crippen LogP contribution < -0.4 is 5.32 Å². The summed E-state index contributed by atoms with van der Waals surface area (Å²) in [4.78, 5) is 23.6. The molecule has 1 aromatic heterocycles. The van der Waals surface area contributed by atoms with Crippen LogP contribution in [0.5, 0.6) is 0 Å². The van der Waals surface area contributed by atoms with E-state index in [0.717, 1.165) is 15.8 Å². The smallest absolute Gasteiger partial charge is 0.328 e. The van der Waals surface area contributed by atoms with Gasteiger partial charge < -0.3 is 10.1 Å². The second kappa shape index (κ2) is 8.21. The fourth-order valence-electron chi connectivity index (χ4n) is 1.48. The number of aryl methyl sites for hydroxylation is 1. The number of hydrogen-bond donors (Lipinski definition) is 1. The summed E-state index contributed by atoms with van der Waals surface area (Å²) < 4.78 is 5.47. The first-order chi connectivity index (χ1) is 9.47. The zero-order valence-electron chi connectivity index (χ0n) is 12.0. The lowest BCUT2D eigenvalue weighted by Gasteiger charge is -2.21. The number of nitrogens with zero attached hydrogens (tertiary/aromatic N) is 2. The molecule has 112 valence electrons.